The number of aromatic nitrogens is 3. The Morgan fingerprint density at radius 3 is 2.62 bits per heavy atom. The van der Waals surface area contributed by atoms with E-state index in [1.165, 1.54) is 11.8 Å². The van der Waals surface area contributed by atoms with E-state index in [1.807, 2.05) is 28.8 Å². The van der Waals surface area contributed by atoms with Gasteiger partial charge in [-0.2, -0.15) is 0 Å². The van der Waals surface area contributed by atoms with Crippen LogP contribution in [-0.2, 0) is 13.0 Å². The zero-order valence-electron chi connectivity index (χ0n) is 15.8. The van der Waals surface area contributed by atoms with E-state index < -0.39 is 0 Å². The molecule has 150 valence electrons. The minimum Gasteiger partial charge on any atom is -0.497 e. The Kier molecular flexibility index (Phi) is 7.36. The second kappa shape index (κ2) is 9.96. The molecule has 3 aromatic rings. The smallest absolute Gasteiger partial charge is 0.191 e. The molecule has 3 rings (SSSR count). The summed E-state index contributed by atoms with van der Waals surface area (Å²) in [5.74, 6) is 1.70. The number of nitrogens with zero attached hydrogens (tertiary/aromatic N) is 3. The van der Waals surface area contributed by atoms with Crippen LogP contribution in [0.5, 0.6) is 5.75 Å². The van der Waals surface area contributed by atoms with Gasteiger partial charge in [0, 0.05) is 23.6 Å². The van der Waals surface area contributed by atoms with Crippen molar-refractivity contribution < 1.29 is 9.53 Å². The summed E-state index contributed by atoms with van der Waals surface area (Å²) in [5.41, 5.74) is 1.53. The lowest BCUT2D eigenvalue weighted by Gasteiger charge is -2.08. The van der Waals surface area contributed by atoms with Crippen molar-refractivity contribution in [1.82, 2.24) is 14.8 Å². The Balaban J connectivity index is 1.73. The van der Waals surface area contributed by atoms with Crippen LogP contribution in [0.15, 0.2) is 60.3 Å². The highest BCUT2D eigenvalue weighted by molar-refractivity contribution is 7.99. The first kappa shape index (κ1) is 21.4. The molecule has 0 aliphatic carbocycles. The van der Waals surface area contributed by atoms with Gasteiger partial charge in [-0.15, -0.1) is 16.8 Å². The molecule has 2 aromatic carbocycles. The Hall–Kier alpha value is -2.28. The number of carbonyl (C=O) groups is 1. The maximum atomic E-state index is 12.5. The van der Waals surface area contributed by atoms with Gasteiger partial charge in [-0.1, -0.05) is 53.2 Å². The summed E-state index contributed by atoms with van der Waals surface area (Å²) in [7, 11) is 1.64. The number of hydrogen-bond acceptors (Lipinski definition) is 5. The minimum absolute atomic E-state index is 0.0958. The summed E-state index contributed by atoms with van der Waals surface area (Å²) in [4.78, 5) is 12.5. The third kappa shape index (κ3) is 5.41. The van der Waals surface area contributed by atoms with Crippen molar-refractivity contribution in [2.24, 2.45) is 0 Å². The fourth-order valence-electron chi connectivity index (χ4n) is 2.72. The highest BCUT2D eigenvalue weighted by atomic mass is 35.5. The number of methoxy groups -OCH3 is 1. The lowest BCUT2D eigenvalue weighted by Crippen LogP contribution is -2.07. The number of ketones is 1. The van der Waals surface area contributed by atoms with Crippen molar-refractivity contribution in [3.63, 3.8) is 0 Å². The molecule has 29 heavy (non-hydrogen) atoms. The van der Waals surface area contributed by atoms with Crippen LogP contribution >= 0.6 is 35.0 Å². The number of Topliss-reactive ketones (excluding diaryl/α,β-unsaturated/α-hetero) is 1. The average molecular weight is 448 g/mol. The molecule has 0 bridgehead atoms. The third-order valence-corrected chi connectivity index (χ3v) is 5.70. The average Bonchev–Trinajstić information content (AvgIpc) is 3.08. The molecule has 1 aromatic heterocycles. The number of carbonyl (C=O) groups excluding carboxylic acids is 1. The summed E-state index contributed by atoms with van der Waals surface area (Å²) < 4.78 is 7.15. The molecule has 0 fully saturated rings. The van der Waals surface area contributed by atoms with Crippen LogP contribution in [0.4, 0.5) is 0 Å². The number of benzene rings is 2. The topological polar surface area (TPSA) is 57.0 Å². The van der Waals surface area contributed by atoms with Crippen LogP contribution < -0.4 is 4.74 Å². The van der Waals surface area contributed by atoms with Crippen molar-refractivity contribution in [2.75, 3.05) is 12.9 Å². The number of hydrogen-bond donors (Lipinski definition) is 0. The number of ether oxygens (including phenoxy) is 1. The number of rotatable bonds is 9. The van der Waals surface area contributed by atoms with Crippen LogP contribution in [0.25, 0.3) is 0 Å². The number of thioether (sulfide) groups is 1. The first-order chi connectivity index (χ1) is 14.0. The van der Waals surface area contributed by atoms with Gasteiger partial charge in [-0.3, -0.25) is 4.79 Å². The van der Waals surface area contributed by atoms with Crippen molar-refractivity contribution in [2.45, 2.75) is 18.1 Å². The van der Waals surface area contributed by atoms with E-state index in [2.05, 4.69) is 16.8 Å². The zero-order valence-corrected chi connectivity index (χ0v) is 18.1. The van der Waals surface area contributed by atoms with Crippen LogP contribution in [0, 0.1) is 0 Å². The standard InChI is InChI=1S/C21H19Cl2N3O2S/c1-3-10-26-20(11-14-4-7-16(28-2)8-5-14)24-25-21(26)29-13-19(27)17-9-6-15(22)12-18(17)23/h3-9,12H,1,10-11,13H2,2H3. The SMILES string of the molecule is C=CCn1c(Cc2ccc(OC)cc2)nnc1SCC(=O)c1ccc(Cl)cc1Cl. The van der Waals surface area contributed by atoms with Gasteiger partial charge in [0.25, 0.3) is 0 Å². The minimum atomic E-state index is -0.0958. The molecular formula is C21H19Cl2N3O2S. The Bertz CT molecular complexity index is 1020. The molecule has 0 saturated carbocycles. The van der Waals surface area contributed by atoms with Gasteiger partial charge in [0.2, 0.25) is 0 Å². The molecule has 0 aliphatic rings. The molecule has 0 unspecified atom stereocenters. The summed E-state index contributed by atoms with van der Waals surface area (Å²) in [6.07, 6.45) is 2.39. The predicted molar refractivity (Wildman–Crippen MR) is 118 cm³/mol. The molecule has 0 amide bonds. The number of allylic oxidation sites excluding steroid dienone is 1. The van der Waals surface area contributed by atoms with E-state index in [4.69, 9.17) is 27.9 Å². The fraction of sp³-hybridized carbons (Fsp3) is 0.190. The van der Waals surface area contributed by atoms with Gasteiger partial charge < -0.3 is 9.30 Å². The Labute approximate surface area is 183 Å². The van der Waals surface area contributed by atoms with Crippen LogP contribution in [0.1, 0.15) is 21.7 Å². The lowest BCUT2D eigenvalue weighted by atomic mass is 10.1. The first-order valence-electron chi connectivity index (χ1n) is 8.78. The van der Waals surface area contributed by atoms with Gasteiger partial charge in [0.1, 0.15) is 11.6 Å². The molecule has 0 radical (unpaired) electrons. The van der Waals surface area contributed by atoms with Crippen molar-refractivity contribution >= 4 is 40.7 Å². The molecule has 1 heterocycles. The maximum absolute atomic E-state index is 12.5. The van der Waals surface area contributed by atoms with E-state index in [0.29, 0.717) is 33.7 Å². The quantitative estimate of drug-likeness (QED) is 0.251. The van der Waals surface area contributed by atoms with Crippen molar-refractivity contribution in [3.8, 4) is 5.75 Å². The lowest BCUT2D eigenvalue weighted by molar-refractivity contribution is 0.102. The van der Waals surface area contributed by atoms with Crippen LogP contribution in [-0.4, -0.2) is 33.4 Å². The van der Waals surface area contributed by atoms with Gasteiger partial charge in [-0.25, -0.2) is 0 Å². The second-order valence-corrected chi connectivity index (χ2v) is 7.95. The maximum Gasteiger partial charge on any atom is 0.191 e. The normalized spacial score (nSPS) is 10.7. The molecule has 0 atom stereocenters. The van der Waals surface area contributed by atoms with Gasteiger partial charge in [0.05, 0.1) is 17.9 Å². The summed E-state index contributed by atoms with van der Waals surface area (Å²) in [6, 6.07) is 12.7. The zero-order chi connectivity index (χ0) is 20.8. The number of halogens is 2. The summed E-state index contributed by atoms with van der Waals surface area (Å²) >= 11 is 13.4. The van der Waals surface area contributed by atoms with Crippen molar-refractivity contribution in [3.05, 3.63) is 82.1 Å². The van der Waals surface area contributed by atoms with E-state index in [-0.39, 0.29) is 11.5 Å². The third-order valence-electron chi connectivity index (χ3n) is 4.19. The summed E-state index contributed by atoms with van der Waals surface area (Å²) in [6.45, 7) is 4.36. The molecule has 0 spiro atoms. The monoisotopic (exact) mass is 447 g/mol. The molecule has 0 aliphatic heterocycles. The predicted octanol–water partition coefficient (Wildman–Crippen LogP) is 5.35. The highest BCUT2D eigenvalue weighted by Gasteiger charge is 2.16. The van der Waals surface area contributed by atoms with Gasteiger partial charge >= 0.3 is 0 Å². The largest absolute Gasteiger partial charge is 0.497 e. The Morgan fingerprint density at radius 2 is 1.97 bits per heavy atom. The van der Waals surface area contributed by atoms with Crippen LogP contribution in [0.3, 0.4) is 0 Å². The summed E-state index contributed by atoms with van der Waals surface area (Å²) in [5, 5.41) is 10.1. The second-order valence-electron chi connectivity index (χ2n) is 6.16. The molecule has 0 saturated heterocycles. The molecule has 0 N–H and O–H groups in total. The van der Waals surface area contributed by atoms with E-state index >= 15 is 0 Å². The molecule has 8 heteroatoms. The van der Waals surface area contributed by atoms with Gasteiger partial charge in [0.15, 0.2) is 10.9 Å². The molecular weight excluding hydrogens is 429 g/mol. The van der Waals surface area contributed by atoms with Crippen LogP contribution in [0.2, 0.25) is 10.0 Å². The first-order valence-corrected chi connectivity index (χ1v) is 10.5. The molecule has 5 nitrogen and oxygen atoms in total. The Morgan fingerprint density at radius 1 is 1.21 bits per heavy atom. The van der Waals surface area contributed by atoms with E-state index in [9.17, 15) is 4.79 Å². The fourth-order valence-corrected chi connectivity index (χ4v) is 4.08. The van der Waals surface area contributed by atoms with E-state index in [1.54, 1.807) is 31.4 Å². The van der Waals surface area contributed by atoms with E-state index in [0.717, 1.165) is 17.1 Å². The van der Waals surface area contributed by atoms with Gasteiger partial charge in [-0.05, 0) is 35.9 Å². The van der Waals surface area contributed by atoms with Crippen molar-refractivity contribution in [1.29, 1.82) is 0 Å². The highest BCUT2D eigenvalue weighted by Crippen LogP contribution is 2.25.